The van der Waals surface area contributed by atoms with Gasteiger partial charge in [-0.25, -0.2) is 0 Å². The van der Waals surface area contributed by atoms with Crippen molar-refractivity contribution in [2.75, 3.05) is 0 Å². The third kappa shape index (κ3) is 3.15. The predicted molar refractivity (Wildman–Crippen MR) is 63.0 cm³/mol. The Kier molecular flexibility index (Phi) is 3.89. The fourth-order valence-corrected chi connectivity index (χ4v) is 2.05. The Morgan fingerprint density at radius 1 is 1.35 bits per heavy atom. The van der Waals surface area contributed by atoms with E-state index >= 15 is 0 Å². The molecule has 1 aromatic rings. The topological polar surface area (TPSA) is 50.1 Å². The van der Waals surface area contributed by atoms with Gasteiger partial charge in [-0.15, -0.1) is 0 Å². The lowest BCUT2D eigenvalue weighted by molar-refractivity contribution is -0.126. The van der Waals surface area contributed by atoms with Crippen LogP contribution in [0.5, 0.6) is 0 Å². The van der Waals surface area contributed by atoms with E-state index in [0.29, 0.717) is 19.4 Å². The van der Waals surface area contributed by atoms with E-state index in [9.17, 15) is 4.79 Å². The third-order valence-corrected chi connectivity index (χ3v) is 3.08. The summed E-state index contributed by atoms with van der Waals surface area (Å²) < 4.78 is 5.75. The summed E-state index contributed by atoms with van der Waals surface area (Å²) in [5.74, 6) is -0.406. The van der Waals surface area contributed by atoms with Gasteiger partial charge in [0, 0.05) is 6.42 Å². The van der Waals surface area contributed by atoms with Crippen LogP contribution in [0, 0.1) is 17.2 Å². The van der Waals surface area contributed by atoms with Gasteiger partial charge in [0.05, 0.1) is 18.8 Å². The molecule has 0 radical (unpaired) electrons. The molecule has 0 N–H and O–H groups in total. The highest BCUT2D eigenvalue weighted by molar-refractivity contribution is 5.84. The Morgan fingerprint density at radius 2 is 2.12 bits per heavy atom. The minimum atomic E-state index is -0.468. The molecular weight excluding hydrogens is 214 g/mol. The van der Waals surface area contributed by atoms with Crippen LogP contribution in [0.15, 0.2) is 30.3 Å². The Hall–Kier alpha value is -1.66. The zero-order chi connectivity index (χ0) is 12.1. The molecule has 0 spiro atoms. The van der Waals surface area contributed by atoms with Crippen LogP contribution in [0.3, 0.4) is 0 Å². The smallest absolute Gasteiger partial charge is 0.150 e. The van der Waals surface area contributed by atoms with E-state index in [1.54, 1.807) is 0 Å². The molecule has 2 atom stereocenters. The molecule has 1 aliphatic carbocycles. The first-order valence-corrected chi connectivity index (χ1v) is 5.87. The molecule has 3 nitrogen and oxygen atoms in total. The first-order valence-electron chi connectivity index (χ1n) is 5.87. The molecule has 0 aliphatic heterocycles. The molecule has 1 aliphatic rings. The minimum absolute atomic E-state index is 0.0394. The van der Waals surface area contributed by atoms with Gasteiger partial charge in [0.15, 0.2) is 0 Å². The van der Waals surface area contributed by atoms with Crippen LogP contribution in [0.1, 0.15) is 24.8 Å². The Balaban J connectivity index is 1.85. The number of hydrogen-bond donors (Lipinski definition) is 0. The maximum Gasteiger partial charge on any atom is 0.150 e. The second-order valence-corrected chi connectivity index (χ2v) is 4.34. The van der Waals surface area contributed by atoms with Crippen LogP contribution >= 0.6 is 0 Å². The number of Topliss-reactive ketones (excluding diaryl/α,β-unsaturated/α-hetero) is 1. The fourth-order valence-electron chi connectivity index (χ4n) is 2.05. The third-order valence-electron chi connectivity index (χ3n) is 3.08. The molecule has 1 aromatic carbocycles. The van der Waals surface area contributed by atoms with Crippen LogP contribution in [-0.2, 0) is 16.1 Å². The summed E-state index contributed by atoms with van der Waals surface area (Å²) in [7, 11) is 0. The molecule has 88 valence electrons. The molecular formula is C14H15NO2. The lowest BCUT2D eigenvalue weighted by Gasteiger charge is -2.24. The summed E-state index contributed by atoms with van der Waals surface area (Å²) in [5, 5.41) is 8.84. The van der Waals surface area contributed by atoms with Gasteiger partial charge in [0.1, 0.15) is 11.7 Å². The van der Waals surface area contributed by atoms with E-state index in [2.05, 4.69) is 6.07 Å². The van der Waals surface area contributed by atoms with E-state index in [1.807, 2.05) is 30.3 Å². The normalized spacial score (nSPS) is 24.3. The van der Waals surface area contributed by atoms with Crippen molar-refractivity contribution in [1.82, 2.24) is 0 Å². The summed E-state index contributed by atoms with van der Waals surface area (Å²) >= 11 is 0. The van der Waals surface area contributed by atoms with Crippen LogP contribution in [0.2, 0.25) is 0 Å². The van der Waals surface area contributed by atoms with Crippen LogP contribution in [-0.4, -0.2) is 11.9 Å². The van der Waals surface area contributed by atoms with Crippen molar-refractivity contribution in [3.8, 4) is 6.07 Å². The van der Waals surface area contributed by atoms with Crippen molar-refractivity contribution >= 4 is 5.78 Å². The van der Waals surface area contributed by atoms with Gasteiger partial charge in [0.2, 0.25) is 0 Å². The first kappa shape index (κ1) is 11.8. The van der Waals surface area contributed by atoms with Crippen molar-refractivity contribution in [1.29, 1.82) is 5.26 Å². The fraction of sp³-hybridized carbons (Fsp3) is 0.429. The summed E-state index contributed by atoms with van der Waals surface area (Å²) in [4.78, 5) is 11.4. The number of nitriles is 1. The number of carbonyl (C=O) groups is 1. The summed E-state index contributed by atoms with van der Waals surface area (Å²) in [6.07, 6.45) is 1.79. The highest BCUT2D eigenvalue weighted by Gasteiger charge is 2.28. The van der Waals surface area contributed by atoms with Gasteiger partial charge in [-0.1, -0.05) is 30.3 Å². The highest BCUT2D eigenvalue weighted by Crippen LogP contribution is 2.23. The second kappa shape index (κ2) is 5.60. The standard InChI is InChI=1S/C14H15NO2/c15-9-12-8-13(6-7-14(12)16)17-10-11-4-2-1-3-5-11/h1-5,12-13H,6-8,10H2. The molecule has 0 bridgehead atoms. The summed E-state index contributed by atoms with van der Waals surface area (Å²) in [6, 6.07) is 12.0. The van der Waals surface area contributed by atoms with E-state index in [4.69, 9.17) is 10.00 Å². The molecule has 0 heterocycles. The summed E-state index contributed by atoms with van der Waals surface area (Å²) in [5.41, 5.74) is 1.12. The largest absolute Gasteiger partial charge is 0.373 e. The second-order valence-electron chi connectivity index (χ2n) is 4.34. The average Bonchev–Trinajstić information content (AvgIpc) is 2.39. The van der Waals surface area contributed by atoms with Crippen LogP contribution in [0.4, 0.5) is 0 Å². The minimum Gasteiger partial charge on any atom is -0.373 e. The van der Waals surface area contributed by atoms with Gasteiger partial charge >= 0.3 is 0 Å². The Morgan fingerprint density at radius 3 is 2.82 bits per heavy atom. The average molecular weight is 229 g/mol. The van der Waals surface area contributed by atoms with Crippen molar-refractivity contribution < 1.29 is 9.53 Å². The van der Waals surface area contributed by atoms with Crippen molar-refractivity contribution in [3.63, 3.8) is 0 Å². The SMILES string of the molecule is N#CC1CC(OCc2ccccc2)CCC1=O. The monoisotopic (exact) mass is 229 g/mol. The maximum atomic E-state index is 11.4. The molecule has 1 saturated carbocycles. The van der Waals surface area contributed by atoms with E-state index in [-0.39, 0.29) is 11.9 Å². The number of carbonyl (C=O) groups excluding carboxylic acids is 1. The molecule has 0 aromatic heterocycles. The molecule has 0 amide bonds. The molecule has 2 rings (SSSR count). The highest BCUT2D eigenvalue weighted by atomic mass is 16.5. The Labute approximate surface area is 101 Å². The van der Waals surface area contributed by atoms with Gasteiger partial charge in [0.25, 0.3) is 0 Å². The van der Waals surface area contributed by atoms with Crippen molar-refractivity contribution in [2.24, 2.45) is 5.92 Å². The van der Waals surface area contributed by atoms with Gasteiger partial charge in [-0.3, -0.25) is 4.79 Å². The number of nitrogens with zero attached hydrogens (tertiary/aromatic N) is 1. The molecule has 17 heavy (non-hydrogen) atoms. The first-order chi connectivity index (χ1) is 8.29. The number of ether oxygens (including phenoxy) is 1. The van der Waals surface area contributed by atoms with Crippen LogP contribution in [0.25, 0.3) is 0 Å². The Bertz CT molecular complexity index is 422. The number of rotatable bonds is 3. The van der Waals surface area contributed by atoms with E-state index in [1.165, 1.54) is 0 Å². The molecule has 0 saturated heterocycles. The van der Waals surface area contributed by atoms with Crippen molar-refractivity contribution in [3.05, 3.63) is 35.9 Å². The zero-order valence-electron chi connectivity index (χ0n) is 9.63. The van der Waals surface area contributed by atoms with Gasteiger partial charge in [-0.05, 0) is 18.4 Å². The lowest BCUT2D eigenvalue weighted by Crippen LogP contribution is -2.28. The maximum absolute atomic E-state index is 11.4. The van der Waals surface area contributed by atoms with Crippen LogP contribution < -0.4 is 0 Å². The lowest BCUT2D eigenvalue weighted by atomic mass is 9.87. The van der Waals surface area contributed by atoms with Gasteiger partial charge < -0.3 is 4.74 Å². The molecule has 3 heteroatoms. The predicted octanol–water partition coefficient (Wildman–Crippen LogP) is 2.46. The number of hydrogen-bond acceptors (Lipinski definition) is 3. The quantitative estimate of drug-likeness (QED) is 0.800. The summed E-state index contributed by atoms with van der Waals surface area (Å²) in [6.45, 7) is 0.553. The van der Waals surface area contributed by atoms with Gasteiger partial charge in [-0.2, -0.15) is 5.26 Å². The molecule has 2 unspecified atom stereocenters. The zero-order valence-corrected chi connectivity index (χ0v) is 9.63. The molecule has 1 fully saturated rings. The number of ketones is 1. The van der Waals surface area contributed by atoms with E-state index < -0.39 is 5.92 Å². The van der Waals surface area contributed by atoms with E-state index in [0.717, 1.165) is 12.0 Å². The van der Waals surface area contributed by atoms with Crippen molar-refractivity contribution in [2.45, 2.75) is 32.0 Å². The number of benzene rings is 1.